The van der Waals surface area contributed by atoms with Crippen molar-refractivity contribution >= 4 is 44.8 Å². The molecule has 0 atom stereocenters. The first-order chi connectivity index (χ1) is 10.5. The van der Waals surface area contributed by atoms with E-state index in [9.17, 15) is 9.59 Å². The van der Waals surface area contributed by atoms with Gasteiger partial charge in [-0.15, -0.1) is 29.1 Å². The lowest BCUT2D eigenvalue weighted by Gasteiger charge is -2.00. The molecule has 8 heteroatoms. The number of carbonyl (C=O) groups is 2. The van der Waals surface area contributed by atoms with Crippen molar-refractivity contribution in [2.45, 2.75) is 26.2 Å². The maximum absolute atomic E-state index is 11.9. The van der Waals surface area contributed by atoms with Crippen LogP contribution < -0.4 is 10.6 Å². The molecular weight excluding hydrogens is 320 g/mol. The summed E-state index contributed by atoms with van der Waals surface area (Å²) < 4.78 is 0. The van der Waals surface area contributed by atoms with Crippen molar-refractivity contribution in [3.8, 4) is 12.3 Å². The fourth-order valence-corrected chi connectivity index (χ4v) is 3.06. The molecule has 2 aromatic heterocycles. The minimum atomic E-state index is -0.561. The monoisotopic (exact) mass is 334 g/mol. The SMILES string of the molecule is C#CC(=O)Nc1nc(CC(=O)Nc2ncc(C(C)C)s2)cs1. The van der Waals surface area contributed by atoms with Crippen LogP contribution in [0.15, 0.2) is 11.6 Å². The molecule has 22 heavy (non-hydrogen) atoms. The van der Waals surface area contributed by atoms with Gasteiger partial charge in [0.25, 0.3) is 0 Å². The first-order valence-corrected chi connectivity index (χ1v) is 8.15. The zero-order chi connectivity index (χ0) is 16.1. The van der Waals surface area contributed by atoms with Gasteiger partial charge in [-0.3, -0.25) is 14.9 Å². The molecule has 2 amide bonds. The average molecular weight is 334 g/mol. The molecule has 0 fully saturated rings. The molecule has 2 rings (SSSR count). The van der Waals surface area contributed by atoms with Crippen LogP contribution in [0, 0.1) is 12.3 Å². The maximum Gasteiger partial charge on any atom is 0.301 e. The number of hydrogen-bond acceptors (Lipinski definition) is 6. The number of carbonyl (C=O) groups excluding carboxylic acids is 2. The van der Waals surface area contributed by atoms with E-state index in [1.54, 1.807) is 11.6 Å². The molecular formula is C14H14N4O2S2. The van der Waals surface area contributed by atoms with Crippen molar-refractivity contribution in [1.29, 1.82) is 0 Å². The number of thiazole rings is 2. The number of aromatic nitrogens is 2. The Hall–Kier alpha value is -2.24. The number of hydrogen-bond donors (Lipinski definition) is 2. The largest absolute Gasteiger partial charge is 0.302 e. The van der Waals surface area contributed by atoms with Crippen molar-refractivity contribution < 1.29 is 9.59 Å². The highest BCUT2D eigenvalue weighted by Crippen LogP contribution is 2.25. The first-order valence-electron chi connectivity index (χ1n) is 6.45. The second-order valence-corrected chi connectivity index (χ2v) is 6.61. The predicted octanol–water partition coefficient (Wildman–Crippen LogP) is 2.48. The highest BCUT2D eigenvalue weighted by Gasteiger charge is 2.12. The Balaban J connectivity index is 1.91. The van der Waals surface area contributed by atoms with Crippen molar-refractivity contribution in [3.05, 3.63) is 22.1 Å². The van der Waals surface area contributed by atoms with E-state index in [1.807, 2.05) is 5.92 Å². The van der Waals surface area contributed by atoms with E-state index >= 15 is 0 Å². The number of anilines is 2. The van der Waals surface area contributed by atoms with Gasteiger partial charge < -0.3 is 5.32 Å². The summed E-state index contributed by atoms with van der Waals surface area (Å²) in [7, 11) is 0. The smallest absolute Gasteiger partial charge is 0.301 e. The Morgan fingerprint density at radius 3 is 2.77 bits per heavy atom. The Bertz CT molecular complexity index is 727. The summed E-state index contributed by atoms with van der Waals surface area (Å²) >= 11 is 2.67. The van der Waals surface area contributed by atoms with E-state index in [1.165, 1.54) is 22.7 Å². The molecule has 6 nitrogen and oxygen atoms in total. The number of nitrogens with zero attached hydrogens (tertiary/aromatic N) is 2. The van der Waals surface area contributed by atoms with Gasteiger partial charge in [-0.05, 0) is 11.8 Å². The van der Waals surface area contributed by atoms with Gasteiger partial charge in [0, 0.05) is 16.5 Å². The van der Waals surface area contributed by atoms with Crippen LogP contribution in [0.2, 0.25) is 0 Å². The van der Waals surface area contributed by atoms with Crippen LogP contribution in [0.3, 0.4) is 0 Å². The third-order valence-corrected chi connectivity index (χ3v) is 4.60. The Kier molecular flexibility index (Phi) is 5.25. The third-order valence-electron chi connectivity index (χ3n) is 2.58. The average Bonchev–Trinajstić information content (AvgIpc) is 3.08. The second kappa shape index (κ2) is 7.15. The Labute approximate surface area is 136 Å². The Morgan fingerprint density at radius 1 is 1.36 bits per heavy atom. The molecule has 0 saturated heterocycles. The lowest BCUT2D eigenvalue weighted by Crippen LogP contribution is -2.14. The van der Waals surface area contributed by atoms with E-state index in [0.717, 1.165) is 4.88 Å². The fourth-order valence-electron chi connectivity index (χ4n) is 1.52. The van der Waals surface area contributed by atoms with Crippen LogP contribution in [-0.4, -0.2) is 21.8 Å². The van der Waals surface area contributed by atoms with Crippen molar-refractivity contribution in [1.82, 2.24) is 9.97 Å². The molecule has 0 aliphatic rings. The fraction of sp³-hybridized carbons (Fsp3) is 0.286. The lowest BCUT2D eigenvalue weighted by molar-refractivity contribution is -0.115. The zero-order valence-electron chi connectivity index (χ0n) is 12.0. The van der Waals surface area contributed by atoms with Gasteiger partial charge in [0.15, 0.2) is 10.3 Å². The van der Waals surface area contributed by atoms with E-state index < -0.39 is 5.91 Å². The molecule has 0 spiro atoms. The molecule has 2 aromatic rings. The molecule has 0 bridgehead atoms. The number of terminal acetylenes is 1. The van der Waals surface area contributed by atoms with Crippen molar-refractivity contribution in [2.75, 3.05) is 10.6 Å². The molecule has 2 N–H and O–H groups in total. The number of rotatable bonds is 5. The molecule has 114 valence electrons. The normalized spacial score (nSPS) is 10.3. The molecule has 0 aliphatic carbocycles. The highest BCUT2D eigenvalue weighted by atomic mass is 32.1. The summed E-state index contributed by atoms with van der Waals surface area (Å²) in [5.41, 5.74) is 0.565. The molecule has 0 unspecified atom stereocenters. The van der Waals surface area contributed by atoms with Gasteiger partial charge >= 0.3 is 5.91 Å². The van der Waals surface area contributed by atoms with Gasteiger partial charge in [-0.25, -0.2) is 9.97 Å². The topological polar surface area (TPSA) is 84.0 Å². The van der Waals surface area contributed by atoms with Crippen LogP contribution >= 0.6 is 22.7 Å². The van der Waals surface area contributed by atoms with E-state index in [4.69, 9.17) is 6.42 Å². The Morgan fingerprint density at radius 2 is 2.14 bits per heavy atom. The minimum absolute atomic E-state index is 0.110. The van der Waals surface area contributed by atoms with Crippen LogP contribution in [-0.2, 0) is 16.0 Å². The van der Waals surface area contributed by atoms with Crippen molar-refractivity contribution in [2.24, 2.45) is 0 Å². The standard InChI is InChI=1S/C14H14N4O2S2/c1-4-11(19)17-14-16-9(7-21-14)5-12(20)18-13-15-6-10(22-13)8(2)3/h1,6-8H,5H2,2-3H3,(H,15,18,20)(H,16,17,19). The summed E-state index contributed by atoms with van der Waals surface area (Å²) in [5, 5.41) is 7.83. The molecule has 0 aromatic carbocycles. The quantitative estimate of drug-likeness (QED) is 0.823. The first kappa shape index (κ1) is 16.1. The number of amides is 2. The van der Waals surface area contributed by atoms with Gasteiger partial charge in [-0.1, -0.05) is 13.8 Å². The summed E-state index contributed by atoms with van der Waals surface area (Å²) in [5.74, 6) is 1.55. The van der Waals surface area contributed by atoms with Crippen LogP contribution in [0.4, 0.5) is 10.3 Å². The summed E-state index contributed by atoms with van der Waals surface area (Å²) in [6.07, 6.45) is 6.84. The minimum Gasteiger partial charge on any atom is -0.302 e. The summed E-state index contributed by atoms with van der Waals surface area (Å²) in [6.45, 7) is 4.14. The van der Waals surface area contributed by atoms with Gasteiger partial charge in [-0.2, -0.15) is 0 Å². The third kappa shape index (κ3) is 4.38. The molecule has 0 saturated carbocycles. The van der Waals surface area contributed by atoms with E-state index in [-0.39, 0.29) is 12.3 Å². The van der Waals surface area contributed by atoms with Crippen LogP contribution in [0.25, 0.3) is 0 Å². The molecule has 0 aliphatic heterocycles. The van der Waals surface area contributed by atoms with E-state index in [0.29, 0.717) is 21.9 Å². The summed E-state index contributed by atoms with van der Waals surface area (Å²) in [4.78, 5) is 32.4. The molecule has 2 heterocycles. The molecule has 0 radical (unpaired) electrons. The maximum atomic E-state index is 11.9. The van der Waals surface area contributed by atoms with Gasteiger partial charge in [0.1, 0.15) is 0 Å². The predicted molar refractivity (Wildman–Crippen MR) is 88.1 cm³/mol. The highest BCUT2D eigenvalue weighted by molar-refractivity contribution is 7.15. The van der Waals surface area contributed by atoms with Crippen LogP contribution in [0.1, 0.15) is 30.3 Å². The van der Waals surface area contributed by atoms with Crippen molar-refractivity contribution in [3.63, 3.8) is 0 Å². The zero-order valence-corrected chi connectivity index (χ0v) is 13.7. The summed E-state index contributed by atoms with van der Waals surface area (Å²) in [6, 6.07) is 0. The lowest BCUT2D eigenvalue weighted by atomic mass is 10.2. The van der Waals surface area contributed by atoms with Crippen LogP contribution in [0.5, 0.6) is 0 Å². The van der Waals surface area contributed by atoms with E-state index in [2.05, 4.69) is 34.4 Å². The van der Waals surface area contributed by atoms with Gasteiger partial charge in [0.2, 0.25) is 5.91 Å². The number of nitrogens with one attached hydrogen (secondary N) is 2. The second-order valence-electron chi connectivity index (χ2n) is 4.69. The van der Waals surface area contributed by atoms with Gasteiger partial charge in [0.05, 0.1) is 12.1 Å².